The summed E-state index contributed by atoms with van der Waals surface area (Å²) in [6.45, 7) is 6.12. The van der Waals surface area contributed by atoms with Gasteiger partial charge < -0.3 is 19.9 Å². The quantitative estimate of drug-likeness (QED) is 0.867. The van der Waals surface area contributed by atoms with Crippen LogP contribution < -0.4 is 10.2 Å². The van der Waals surface area contributed by atoms with Crippen LogP contribution in [0.15, 0.2) is 12.4 Å². The number of carbonyl (C=O) groups excluding carboxylic acids is 1. The zero-order valence-electron chi connectivity index (χ0n) is 12.7. The molecule has 2 fully saturated rings. The van der Waals surface area contributed by atoms with E-state index in [9.17, 15) is 9.18 Å². The van der Waals surface area contributed by atoms with Gasteiger partial charge in [0, 0.05) is 19.1 Å². The second-order valence-electron chi connectivity index (χ2n) is 5.88. The Kier molecular flexibility index (Phi) is 4.10. The predicted molar refractivity (Wildman–Crippen MR) is 78.1 cm³/mol. The monoisotopic (exact) mass is 309 g/mol. The minimum atomic E-state index is -0.460. The summed E-state index contributed by atoms with van der Waals surface area (Å²) in [6, 6.07) is -0.00215. The highest BCUT2D eigenvalue weighted by molar-refractivity contribution is 5.75. The molecule has 0 saturated carbocycles. The number of amides is 2. The molecule has 1 aromatic rings. The Morgan fingerprint density at radius 2 is 2.14 bits per heavy atom. The normalized spacial score (nSPS) is 24.5. The summed E-state index contributed by atoms with van der Waals surface area (Å²) in [7, 11) is 0. The van der Waals surface area contributed by atoms with Gasteiger partial charge in [-0.3, -0.25) is 0 Å². The third-order valence-corrected chi connectivity index (χ3v) is 3.86. The Bertz CT molecular complexity index is 539. The van der Waals surface area contributed by atoms with E-state index in [2.05, 4.69) is 15.3 Å². The number of carbonyl (C=O) groups is 1. The highest BCUT2D eigenvalue weighted by atomic mass is 19.1. The van der Waals surface area contributed by atoms with Gasteiger partial charge in [-0.25, -0.2) is 19.2 Å². The van der Waals surface area contributed by atoms with E-state index in [0.29, 0.717) is 32.2 Å². The molecule has 7 nitrogen and oxygen atoms in total. The highest BCUT2D eigenvalue weighted by Crippen LogP contribution is 2.25. The lowest BCUT2D eigenvalue weighted by atomic mass is 10.1. The van der Waals surface area contributed by atoms with Crippen molar-refractivity contribution in [1.82, 2.24) is 20.2 Å². The van der Waals surface area contributed by atoms with Crippen molar-refractivity contribution in [2.45, 2.75) is 32.0 Å². The Labute approximate surface area is 128 Å². The van der Waals surface area contributed by atoms with Crippen LogP contribution in [0.3, 0.4) is 0 Å². The molecule has 22 heavy (non-hydrogen) atoms. The summed E-state index contributed by atoms with van der Waals surface area (Å²) in [5.74, 6) is 0.0173. The summed E-state index contributed by atoms with van der Waals surface area (Å²) < 4.78 is 18.8. The van der Waals surface area contributed by atoms with Crippen LogP contribution in [-0.4, -0.2) is 65.3 Å². The molecule has 0 bridgehead atoms. The number of hydrogen-bond acceptors (Lipinski definition) is 5. The molecule has 0 aliphatic carbocycles. The molecule has 2 aliphatic rings. The van der Waals surface area contributed by atoms with E-state index in [1.807, 2.05) is 18.7 Å². The molecule has 8 heteroatoms. The number of nitrogens with one attached hydrogen (secondary N) is 1. The van der Waals surface area contributed by atoms with Gasteiger partial charge in [0.05, 0.1) is 37.7 Å². The van der Waals surface area contributed by atoms with Gasteiger partial charge in [0.2, 0.25) is 5.95 Å². The van der Waals surface area contributed by atoms with E-state index in [1.54, 1.807) is 4.90 Å². The number of morpholine rings is 1. The Hall–Kier alpha value is -1.96. The first-order chi connectivity index (χ1) is 10.5. The molecule has 0 spiro atoms. The molecule has 1 N–H and O–H groups in total. The second kappa shape index (κ2) is 6.04. The zero-order chi connectivity index (χ0) is 15.7. The number of anilines is 1. The van der Waals surface area contributed by atoms with E-state index in [-0.39, 0.29) is 24.2 Å². The van der Waals surface area contributed by atoms with Crippen molar-refractivity contribution in [2.75, 3.05) is 31.1 Å². The fourth-order valence-corrected chi connectivity index (χ4v) is 2.89. The molecule has 2 amide bonds. The Balaban J connectivity index is 1.73. The lowest BCUT2D eigenvalue weighted by molar-refractivity contribution is 0.0314. The van der Waals surface area contributed by atoms with Crippen molar-refractivity contribution in [1.29, 1.82) is 0 Å². The van der Waals surface area contributed by atoms with Crippen LogP contribution in [-0.2, 0) is 4.74 Å². The van der Waals surface area contributed by atoms with Crippen LogP contribution in [0.2, 0.25) is 0 Å². The van der Waals surface area contributed by atoms with E-state index in [0.717, 1.165) is 12.4 Å². The number of likely N-dealkylation sites (tertiary alicyclic amines) is 1. The maximum atomic E-state index is 13.0. The molecule has 1 aromatic heterocycles. The van der Waals surface area contributed by atoms with Gasteiger partial charge in [-0.15, -0.1) is 0 Å². The number of halogens is 1. The number of ether oxygens (including phenoxy) is 1. The molecular formula is C14H20FN5O2. The standard InChI is InChI=1S/C14H20FN5O2/c1-9(2)18-14(21)19-7-11-12(8-19)22-4-3-20(11)13-16-5-10(15)6-17-13/h5-6,9,11-12H,3-4,7-8H2,1-2H3,(H,18,21)/t11-,12+/m1/s1. The fourth-order valence-electron chi connectivity index (χ4n) is 2.89. The average molecular weight is 309 g/mol. The molecule has 0 unspecified atom stereocenters. The molecule has 3 heterocycles. The van der Waals surface area contributed by atoms with Crippen molar-refractivity contribution < 1.29 is 13.9 Å². The van der Waals surface area contributed by atoms with Gasteiger partial charge in [0.15, 0.2) is 5.82 Å². The van der Waals surface area contributed by atoms with Gasteiger partial charge in [-0.05, 0) is 13.8 Å². The van der Waals surface area contributed by atoms with E-state index in [1.165, 1.54) is 0 Å². The van der Waals surface area contributed by atoms with E-state index >= 15 is 0 Å². The average Bonchev–Trinajstić information content (AvgIpc) is 2.91. The van der Waals surface area contributed by atoms with Gasteiger partial charge in [0.1, 0.15) is 0 Å². The highest BCUT2D eigenvalue weighted by Gasteiger charge is 2.42. The van der Waals surface area contributed by atoms with Crippen LogP contribution in [0.5, 0.6) is 0 Å². The molecule has 2 atom stereocenters. The first-order valence-corrected chi connectivity index (χ1v) is 7.46. The Morgan fingerprint density at radius 3 is 2.82 bits per heavy atom. The maximum Gasteiger partial charge on any atom is 0.317 e. The number of rotatable bonds is 2. The number of urea groups is 1. The lowest BCUT2D eigenvalue weighted by Gasteiger charge is -2.36. The molecule has 0 aromatic carbocycles. The van der Waals surface area contributed by atoms with Crippen LogP contribution in [0.4, 0.5) is 15.1 Å². The summed E-state index contributed by atoms with van der Waals surface area (Å²) in [6.07, 6.45) is 2.25. The fraction of sp³-hybridized carbons (Fsp3) is 0.643. The zero-order valence-corrected chi connectivity index (χ0v) is 12.7. The van der Waals surface area contributed by atoms with E-state index < -0.39 is 5.82 Å². The smallest absolute Gasteiger partial charge is 0.317 e. The van der Waals surface area contributed by atoms with Gasteiger partial charge in [-0.2, -0.15) is 0 Å². The number of hydrogen-bond donors (Lipinski definition) is 1. The van der Waals surface area contributed by atoms with Crippen molar-refractivity contribution in [3.05, 3.63) is 18.2 Å². The first-order valence-electron chi connectivity index (χ1n) is 7.46. The van der Waals surface area contributed by atoms with Crippen molar-refractivity contribution in [3.63, 3.8) is 0 Å². The lowest BCUT2D eigenvalue weighted by Crippen LogP contribution is -2.51. The van der Waals surface area contributed by atoms with Gasteiger partial charge in [0.25, 0.3) is 0 Å². The van der Waals surface area contributed by atoms with Gasteiger partial charge in [-0.1, -0.05) is 0 Å². The van der Waals surface area contributed by atoms with Gasteiger partial charge >= 0.3 is 6.03 Å². The minimum absolute atomic E-state index is 0.00266. The Morgan fingerprint density at radius 1 is 1.41 bits per heavy atom. The molecule has 2 saturated heterocycles. The largest absolute Gasteiger partial charge is 0.372 e. The van der Waals surface area contributed by atoms with Crippen LogP contribution >= 0.6 is 0 Å². The number of fused-ring (bicyclic) bond motifs is 1. The maximum absolute atomic E-state index is 13.0. The predicted octanol–water partition coefficient (Wildman–Crippen LogP) is 0.623. The molecule has 0 radical (unpaired) electrons. The van der Waals surface area contributed by atoms with E-state index in [4.69, 9.17) is 4.74 Å². The SMILES string of the molecule is CC(C)NC(=O)N1C[C@@H]2OCCN(c3ncc(F)cn3)[C@@H]2C1. The van der Waals surface area contributed by atoms with Crippen LogP contribution in [0.25, 0.3) is 0 Å². The van der Waals surface area contributed by atoms with Crippen molar-refractivity contribution >= 4 is 12.0 Å². The number of nitrogens with zero attached hydrogens (tertiary/aromatic N) is 4. The minimum Gasteiger partial charge on any atom is -0.372 e. The number of aromatic nitrogens is 2. The molecule has 2 aliphatic heterocycles. The van der Waals surface area contributed by atoms with Crippen LogP contribution in [0.1, 0.15) is 13.8 Å². The molecular weight excluding hydrogens is 289 g/mol. The topological polar surface area (TPSA) is 70.6 Å². The third kappa shape index (κ3) is 2.96. The van der Waals surface area contributed by atoms with Crippen molar-refractivity contribution in [2.24, 2.45) is 0 Å². The van der Waals surface area contributed by atoms with Crippen molar-refractivity contribution in [3.8, 4) is 0 Å². The summed E-state index contributed by atoms with van der Waals surface area (Å²) >= 11 is 0. The molecule has 3 rings (SSSR count). The summed E-state index contributed by atoms with van der Waals surface area (Å²) in [4.78, 5) is 24.0. The molecule has 120 valence electrons. The summed E-state index contributed by atoms with van der Waals surface area (Å²) in [5.41, 5.74) is 0. The summed E-state index contributed by atoms with van der Waals surface area (Å²) in [5, 5.41) is 2.89. The second-order valence-corrected chi connectivity index (χ2v) is 5.88. The van der Waals surface area contributed by atoms with Crippen LogP contribution in [0, 0.1) is 5.82 Å². The first kappa shape index (κ1) is 15.0. The third-order valence-electron chi connectivity index (χ3n) is 3.86.